The molecule has 0 fully saturated rings. The molecule has 0 saturated heterocycles. The molecular formula is C25H28N2O4S. The van der Waals surface area contributed by atoms with E-state index < -0.39 is 0 Å². The van der Waals surface area contributed by atoms with Crippen molar-refractivity contribution in [2.24, 2.45) is 0 Å². The topological polar surface area (TPSA) is 51.2 Å². The van der Waals surface area contributed by atoms with E-state index in [1.165, 1.54) is 11.1 Å². The van der Waals surface area contributed by atoms with Gasteiger partial charge in [0, 0.05) is 23.7 Å². The number of methoxy groups -OCH3 is 3. The number of hydrogen-bond acceptors (Lipinski definition) is 6. The molecular weight excluding hydrogens is 424 g/mol. The average Bonchev–Trinajstić information content (AvgIpc) is 3.35. The maximum absolute atomic E-state index is 13.4. The first-order chi connectivity index (χ1) is 15.6. The van der Waals surface area contributed by atoms with Crippen molar-refractivity contribution < 1.29 is 19.0 Å². The van der Waals surface area contributed by atoms with E-state index in [-0.39, 0.29) is 5.91 Å². The van der Waals surface area contributed by atoms with Gasteiger partial charge in [-0.2, -0.15) is 0 Å². The van der Waals surface area contributed by atoms with Gasteiger partial charge in [0.15, 0.2) is 11.5 Å². The fourth-order valence-electron chi connectivity index (χ4n) is 4.00. The van der Waals surface area contributed by atoms with Gasteiger partial charge in [0.1, 0.15) is 5.75 Å². The molecule has 0 N–H and O–H groups in total. The van der Waals surface area contributed by atoms with Crippen LogP contribution in [0.2, 0.25) is 0 Å². The van der Waals surface area contributed by atoms with Crippen molar-refractivity contribution in [3.8, 4) is 17.2 Å². The van der Waals surface area contributed by atoms with Gasteiger partial charge in [0.05, 0.1) is 34.4 Å². The number of fused-ring (bicyclic) bond motifs is 1. The van der Waals surface area contributed by atoms with Gasteiger partial charge in [-0.25, -0.2) is 0 Å². The summed E-state index contributed by atoms with van der Waals surface area (Å²) in [4.78, 5) is 18.6. The Morgan fingerprint density at radius 3 is 2.34 bits per heavy atom. The van der Waals surface area contributed by atoms with Crippen molar-refractivity contribution in [1.82, 2.24) is 4.90 Å². The number of carbonyl (C=O) groups is 1. The summed E-state index contributed by atoms with van der Waals surface area (Å²) in [6.45, 7) is 2.43. The maximum Gasteiger partial charge on any atom is 0.241 e. The average molecular weight is 453 g/mol. The second kappa shape index (κ2) is 10.1. The lowest BCUT2D eigenvalue weighted by atomic mass is 9.98. The second-order valence-electron chi connectivity index (χ2n) is 7.69. The largest absolute Gasteiger partial charge is 0.497 e. The van der Waals surface area contributed by atoms with Gasteiger partial charge in [-0.15, -0.1) is 11.3 Å². The molecule has 0 spiro atoms. The Kier molecular flexibility index (Phi) is 6.97. The number of carbonyl (C=O) groups excluding carboxylic acids is 1. The fraction of sp³-hybridized carbons (Fsp3) is 0.320. The minimum absolute atomic E-state index is 0.0764. The summed E-state index contributed by atoms with van der Waals surface area (Å²) < 4.78 is 16.2. The lowest BCUT2D eigenvalue weighted by Gasteiger charge is -2.31. The van der Waals surface area contributed by atoms with Gasteiger partial charge < -0.3 is 19.1 Å². The molecule has 0 unspecified atom stereocenters. The molecule has 2 aromatic carbocycles. The highest BCUT2D eigenvalue weighted by atomic mass is 32.1. The molecule has 4 rings (SSSR count). The zero-order valence-electron chi connectivity index (χ0n) is 18.7. The molecule has 168 valence electrons. The van der Waals surface area contributed by atoms with E-state index >= 15 is 0 Å². The number of anilines is 1. The summed E-state index contributed by atoms with van der Waals surface area (Å²) in [5, 5.41) is 2.04. The molecule has 3 aromatic rings. The summed E-state index contributed by atoms with van der Waals surface area (Å²) in [5.41, 5.74) is 3.29. The number of amides is 1. The summed E-state index contributed by atoms with van der Waals surface area (Å²) >= 11 is 1.66. The molecule has 1 amide bonds. The zero-order valence-corrected chi connectivity index (χ0v) is 19.5. The third-order valence-corrected chi connectivity index (χ3v) is 6.60. The Morgan fingerprint density at radius 2 is 1.72 bits per heavy atom. The summed E-state index contributed by atoms with van der Waals surface area (Å²) in [7, 11) is 4.94. The molecule has 0 atom stereocenters. The third-order valence-electron chi connectivity index (χ3n) is 5.74. The Bertz CT molecular complexity index is 1050. The molecule has 1 aliphatic rings. The molecule has 1 aliphatic heterocycles. The number of benzene rings is 2. The third kappa shape index (κ3) is 4.89. The van der Waals surface area contributed by atoms with Crippen molar-refractivity contribution in [1.29, 1.82) is 0 Å². The second-order valence-corrected chi connectivity index (χ2v) is 8.73. The van der Waals surface area contributed by atoms with Crippen molar-refractivity contribution in [3.63, 3.8) is 0 Å². The first kappa shape index (κ1) is 22.2. The summed E-state index contributed by atoms with van der Waals surface area (Å²) in [5.74, 6) is 2.32. The van der Waals surface area contributed by atoms with Crippen LogP contribution in [0.3, 0.4) is 0 Å². The molecule has 0 aliphatic carbocycles. The van der Waals surface area contributed by atoms with Crippen LogP contribution in [0, 0.1) is 0 Å². The van der Waals surface area contributed by atoms with Gasteiger partial charge >= 0.3 is 0 Å². The van der Waals surface area contributed by atoms with Crippen LogP contribution in [-0.4, -0.2) is 45.2 Å². The van der Waals surface area contributed by atoms with Crippen molar-refractivity contribution in [3.05, 3.63) is 69.9 Å². The lowest BCUT2D eigenvalue weighted by molar-refractivity contribution is -0.120. The van der Waals surface area contributed by atoms with Gasteiger partial charge in [-0.05, 0) is 65.4 Å². The van der Waals surface area contributed by atoms with Gasteiger partial charge in [-0.1, -0.05) is 6.07 Å². The minimum atomic E-state index is 0.0764. The number of thiophene rings is 1. The SMILES string of the molecule is COc1ccc(N(Cc2cccs2)C(=O)CN2CCc3cc(OC)c(OC)cc3C2)cc1. The van der Waals surface area contributed by atoms with Gasteiger partial charge in [0.2, 0.25) is 5.91 Å². The smallest absolute Gasteiger partial charge is 0.241 e. The van der Waals surface area contributed by atoms with Crippen LogP contribution in [-0.2, 0) is 24.3 Å². The van der Waals surface area contributed by atoms with E-state index in [1.807, 2.05) is 52.7 Å². The quantitative estimate of drug-likeness (QED) is 0.508. The molecule has 1 aromatic heterocycles. The van der Waals surface area contributed by atoms with E-state index in [2.05, 4.69) is 11.0 Å². The fourth-order valence-corrected chi connectivity index (χ4v) is 4.69. The first-order valence-electron chi connectivity index (χ1n) is 10.5. The Labute approximate surface area is 192 Å². The number of ether oxygens (including phenoxy) is 3. The van der Waals surface area contributed by atoms with Crippen LogP contribution in [0.1, 0.15) is 16.0 Å². The van der Waals surface area contributed by atoms with Crippen molar-refractivity contribution in [2.75, 3.05) is 39.3 Å². The van der Waals surface area contributed by atoms with E-state index in [1.54, 1.807) is 32.7 Å². The van der Waals surface area contributed by atoms with Crippen LogP contribution < -0.4 is 19.1 Å². The molecule has 0 radical (unpaired) electrons. The first-order valence-corrected chi connectivity index (χ1v) is 11.4. The van der Waals surface area contributed by atoms with E-state index in [0.717, 1.165) is 40.8 Å². The normalized spacial score (nSPS) is 13.3. The van der Waals surface area contributed by atoms with E-state index in [9.17, 15) is 4.79 Å². The Hall–Kier alpha value is -3.03. The molecule has 0 saturated carbocycles. The summed E-state index contributed by atoms with van der Waals surface area (Å²) in [6.07, 6.45) is 0.871. The molecule has 32 heavy (non-hydrogen) atoms. The highest BCUT2D eigenvalue weighted by Gasteiger charge is 2.24. The monoisotopic (exact) mass is 452 g/mol. The van der Waals surface area contributed by atoms with Crippen molar-refractivity contribution in [2.45, 2.75) is 19.5 Å². The molecule has 2 heterocycles. The number of nitrogens with zero attached hydrogens (tertiary/aromatic N) is 2. The minimum Gasteiger partial charge on any atom is -0.497 e. The molecule has 7 heteroatoms. The van der Waals surface area contributed by atoms with Crippen LogP contribution in [0.15, 0.2) is 53.9 Å². The molecule has 0 bridgehead atoms. The van der Waals surface area contributed by atoms with Crippen molar-refractivity contribution >= 4 is 22.9 Å². The highest BCUT2D eigenvalue weighted by molar-refractivity contribution is 7.09. The Balaban J connectivity index is 1.51. The van der Waals surface area contributed by atoms with Gasteiger partial charge in [-0.3, -0.25) is 9.69 Å². The van der Waals surface area contributed by atoms with E-state index in [0.29, 0.717) is 19.6 Å². The van der Waals surface area contributed by atoms with Crippen LogP contribution >= 0.6 is 11.3 Å². The number of rotatable bonds is 8. The highest BCUT2D eigenvalue weighted by Crippen LogP contribution is 2.33. The Morgan fingerprint density at radius 1 is 1.00 bits per heavy atom. The van der Waals surface area contributed by atoms with Crippen LogP contribution in [0.4, 0.5) is 5.69 Å². The summed E-state index contributed by atoms with van der Waals surface area (Å²) in [6, 6.07) is 15.8. The lowest BCUT2D eigenvalue weighted by Crippen LogP contribution is -2.42. The zero-order chi connectivity index (χ0) is 22.5. The number of hydrogen-bond donors (Lipinski definition) is 0. The van der Waals surface area contributed by atoms with Crippen LogP contribution in [0.25, 0.3) is 0 Å². The molecule has 6 nitrogen and oxygen atoms in total. The van der Waals surface area contributed by atoms with Gasteiger partial charge in [0.25, 0.3) is 0 Å². The predicted octanol–water partition coefficient (Wildman–Crippen LogP) is 4.37. The standard InChI is InChI=1S/C25H28N2O4S/c1-29-21-8-6-20(7-9-21)27(16-22-5-4-12-32-22)25(28)17-26-11-10-18-13-23(30-2)24(31-3)14-19(18)15-26/h4-9,12-14H,10-11,15-17H2,1-3H3. The maximum atomic E-state index is 13.4. The van der Waals surface area contributed by atoms with Crippen LogP contribution in [0.5, 0.6) is 17.2 Å². The van der Waals surface area contributed by atoms with E-state index in [4.69, 9.17) is 14.2 Å². The predicted molar refractivity (Wildman–Crippen MR) is 127 cm³/mol.